The minimum Gasteiger partial charge on any atom is -0.468 e. The van der Waals surface area contributed by atoms with Crippen molar-refractivity contribution in [1.29, 1.82) is 0 Å². The van der Waals surface area contributed by atoms with Crippen LogP contribution in [-0.2, 0) is 9.84 Å². The van der Waals surface area contributed by atoms with Crippen molar-refractivity contribution >= 4 is 21.4 Å². The highest BCUT2D eigenvalue weighted by molar-refractivity contribution is 7.91. The Bertz CT molecular complexity index is 1130. The molecule has 0 radical (unpaired) electrons. The van der Waals surface area contributed by atoms with Gasteiger partial charge in [0.05, 0.1) is 16.1 Å². The summed E-state index contributed by atoms with van der Waals surface area (Å²) in [5.41, 5.74) is -0.254. The molecule has 1 N–H and O–H groups in total. The van der Waals surface area contributed by atoms with Crippen LogP contribution in [0.2, 0.25) is 0 Å². The number of hydrogen-bond acceptors (Lipinski definition) is 6. The first-order valence-corrected chi connectivity index (χ1v) is 9.89. The first-order chi connectivity index (χ1) is 13.8. The summed E-state index contributed by atoms with van der Waals surface area (Å²) in [7, 11) is -4.02. The highest BCUT2D eigenvalue weighted by Crippen LogP contribution is 2.29. The average Bonchev–Trinajstić information content (AvgIpc) is 3.22. The minimum atomic E-state index is -4.02. The molecule has 2 aromatic carbocycles. The summed E-state index contributed by atoms with van der Waals surface area (Å²) in [6.07, 6.45) is 1.30. The van der Waals surface area contributed by atoms with E-state index in [0.717, 1.165) is 30.3 Å². The number of nitro groups is 1. The van der Waals surface area contributed by atoms with Gasteiger partial charge in [0.15, 0.2) is 9.84 Å². The van der Waals surface area contributed by atoms with E-state index in [2.05, 4.69) is 5.32 Å². The molecule has 1 atom stereocenters. The molecule has 0 saturated carbocycles. The van der Waals surface area contributed by atoms with Gasteiger partial charge in [-0.1, -0.05) is 6.07 Å². The van der Waals surface area contributed by atoms with E-state index in [1.165, 1.54) is 36.6 Å². The van der Waals surface area contributed by atoms with Crippen LogP contribution in [0.1, 0.15) is 21.4 Å². The number of furan rings is 1. The molecule has 0 aliphatic heterocycles. The molecule has 0 bridgehead atoms. The van der Waals surface area contributed by atoms with E-state index in [0.29, 0.717) is 0 Å². The maximum absolute atomic E-state index is 13.2. The van der Waals surface area contributed by atoms with E-state index in [-0.39, 0.29) is 28.5 Å². The summed E-state index contributed by atoms with van der Waals surface area (Å²) in [6, 6.07) is 12.3. The van der Waals surface area contributed by atoms with Crippen molar-refractivity contribution in [2.24, 2.45) is 0 Å². The van der Waals surface area contributed by atoms with E-state index < -0.39 is 31.7 Å². The Morgan fingerprint density at radius 3 is 2.48 bits per heavy atom. The molecule has 150 valence electrons. The van der Waals surface area contributed by atoms with Crippen LogP contribution in [0.25, 0.3) is 0 Å². The Kier molecular flexibility index (Phi) is 5.74. The monoisotopic (exact) mass is 418 g/mol. The van der Waals surface area contributed by atoms with Gasteiger partial charge in [0, 0.05) is 24.2 Å². The molecule has 1 aromatic heterocycles. The predicted octanol–water partition coefficient (Wildman–Crippen LogP) is 3.27. The number of non-ortho nitro benzene ring substituents is 1. The number of nitrogens with one attached hydrogen (secondary N) is 1. The lowest BCUT2D eigenvalue weighted by atomic mass is 10.2. The number of carbonyl (C=O) groups excluding carboxylic acids is 1. The van der Waals surface area contributed by atoms with Crippen molar-refractivity contribution < 1.29 is 26.9 Å². The molecule has 0 aliphatic carbocycles. The maximum atomic E-state index is 13.2. The van der Waals surface area contributed by atoms with Crippen LogP contribution in [0.3, 0.4) is 0 Å². The van der Waals surface area contributed by atoms with Gasteiger partial charge >= 0.3 is 0 Å². The normalized spacial score (nSPS) is 12.3. The Labute approximate surface area is 165 Å². The van der Waals surface area contributed by atoms with Crippen LogP contribution in [0.4, 0.5) is 10.1 Å². The summed E-state index contributed by atoms with van der Waals surface area (Å²) < 4.78 is 44.4. The van der Waals surface area contributed by atoms with Crippen LogP contribution >= 0.6 is 0 Å². The SMILES string of the molecule is O=C(NCC(c1ccco1)S(=O)(=O)c1ccc(F)cc1)c1cccc([N+](=O)[O-])c1. The van der Waals surface area contributed by atoms with E-state index >= 15 is 0 Å². The zero-order valence-electron chi connectivity index (χ0n) is 14.8. The third-order valence-corrected chi connectivity index (χ3v) is 6.22. The minimum absolute atomic E-state index is 0.0107. The highest BCUT2D eigenvalue weighted by Gasteiger charge is 2.32. The summed E-state index contributed by atoms with van der Waals surface area (Å²) in [6.45, 7) is -0.352. The molecular weight excluding hydrogens is 403 g/mol. The molecular formula is C19H15FN2O6S. The largest absolute Gasteiger partial charge is 0.468 e. The predicted molar refractivity (Wildman–Crippen MR) is 100 cm³/mol. The molecule has 3 rings (SSSR count). The van der Waals surface area contributed by atoms with Crippen molar-refractivity contribution in [3.05, 3.63) is 94.2 Å². The lowest BCUT2D eigenvalue weighted by Crippen LogP contribution is -2.31. The van der Waals surface area contributed by atoms with Gasteiger partial charge in [-0.3, -0.25) is 14.9 Å². The molecule has 29 heavy (non-hydrogen) atoms. The third kappa shape index (κ3) is 4.49. The fraction of sp³-hybridized carbons (Fsp3) is 0.105. The van der Waals surface area contributed by atoms with Gasteiger partial charge in [0.2, 0.25) is 0 Å². The summed E-state index contributed by atoms with van der Waals surface area (Å²) in [4.78, 5) is 22.5. The second-order valence-corrected chi connectivity index (χ2v) is 8.15. The van der Waals surface area contributed by atoms with Crippen LogP contribution < -0.4 is 5.32 Å². The molecule has 0 fully saturated rings. The van der Waals surface area contributed by atoms with Crippen LogP contribution in [0, 0.1) is 15.9 Å². The lowest BCUT2D eigenvalue weighted by Gasteiger charge is -2.16. The number of rotatable bonds is 7. The molecule has 3 aromatic rings. The fourth-order valence-corrected chi connectivity index (χ4v) is 4.26. The van der Waals surface area contributed by atoms with Crippen LogP contribution in [-0.4, -0.2) is 25.8 Å². The van der Waals surface area contributed by atoms with Crippen LogP contribution in [0.5, 0.6) is 0 Å². The molecule has 8 nitrogen and oxygen atoms in total. The number of nitrogens with zero attached hydrogens (tertiary/aromatic N) is 1. The van der Waals surface area contributed by atoms with Gasteiger partial charge in [0.25, 0.3) is 11.6 Å². The number of sulfone groups is 1. The molecule has 1 heterocycles. The molecule has 1 unspecified atom stereocenters. The van der Waals surface area contributed by atoms with E-state index in [1.54, 1.807) is 0 Å². The summed E-state index contributed by atoms with van der Waals surface area (Å²) >= 11 is 0. The van der Waals surface area contributed by atoms with Crippen molar-refractivity contribution in [2.75, 3.05) is 6.54 Å². The Morgan fingerprint density at radius 2 is 1.86 bits per heavy atom. The van der Waals surface area contributed by atoms with Gasteiger partial charge in [0.1, 0.15) is 16.8 Å². The fourth-order valence-electron chi connectivity index (χ4n) is 2.67. The number of hydrogen-bond donors (Lipinski definition) is 1. The quantitative estimate of drug-likeness (QED) is 0.357. The molecule has 10 heteroatoms. The van der Waals surface area contributed by atoms with Crippen molar-refractivity contribution in [2.45, 2.75) is 10.1 Å². The van der Waals surface area contributed by atoms with E-state index in [1.807, 2.05) is 0 Å². The summed E-state index contributed by atoms with van der Waals surface area (Å²) in [5.74, 6) is -1.18. The van der Waals surface area contributed by atoms with Crippen molar-refractivity contribution in [3.8, 4) is 0 Å². The second kappa shape index (κ2) is 8.23. The lowest BCUT2D eigenvalue weighted by molar-refractivity contribution is -0.384. The van der Waals surface area contributed by atoms with E-state index in [9.17, 15) is 27.7 Å². The standard InChI is InChI=1S/C19H15FN2O6S/c20-14-6-8-16(9-7-14)29(26,27)18(17-5-2-10-28-17)12-21-19(23)13-3-1-4-15(11-13)22(24)25/h1-11,18H,12H2,(H,21,23). The average molecular weight is 418 g/mol. The zero-order chi connectivity index (χ0) is 21.0. The van der Waals surface area contributed by atoms with Crippen molar-refractivity contribution in [3.63, 3.8) is 0 Å². The van der Waals surface area contributed by atoms with Gasteiger partial charge in [-0.2, -0.15) is 0 Å². The smallest absolute Gasteiger partial charge is 0.270 e. The number of amides is 1. The van der Waals surface area contributed by atoms with Crippen molar-refractivity contribution in [1.82, 2.24) is 5.32 Å². The first kappa shape index (κ1) is 20.2. The molecule has 0 spiro atoms. The maximum Gasteiger partial charge on any atom is 0.270 e. The highest BCUT2D eigenvalue weighted by atomic mass is 32.2. The first-order valence-electron chi connectivity index (χ1n) is 8.34. The number of nitro benzene ring substituents is 1. The second-order valence-electron chi connectivity index (χ2n) is 6.02. The molecule has 1 amide bonds. The van der Waals surface area contributed by atoms with Crippen LogP contribution in [0.15, 0.2) is 76.2 Å². The topological polar surface area (TPSA) is 120 Å². The Balaban J connectivity index is 1.86. The molecule has 0 aliphatic rings. The van der Waals surface area contributed by atoms with Gasteiger partial charge in [-0.15, -0.1) is 0 Å². The zero-order valence-corrected chi connectivity index (χ0v) is 15.6. The van der Waals surface area contributed by atoms with E-state index in [4.69, 9.17) is 4.42 Å². The van der Waals surface area contributed by atoms with Gasteiger partial charge < -0.3 is 9.73 Å². The number of halogens is 1. The Hall–Kier alpha value is -3.53. The van der Waals surface area contributed by atoms with Gasteiger partial charge in [-0.25, -0.2) is 12.8 Å². The number of benzene rings is 2. The Morgan fingerprint density at radius 1 is 1.14 bits per heavy atom. The number of carbonyl (C=O) groups is 1. The summed E-state index contributed by atoms with van der Waals surface area (Å²) in [5, 5.41) is 12.1. The third-order valence-electron chi connectivity index (χ3n) is 4.14. The molecule has 0 saturated heterocycles. The van der Waals surface area contributed by atoms with Gasteiger partial charge in [-0.05, 0) is 42.5 Å².